The predicted molar refractivity (Wildman–Crippen MR) is 121 cm³/mol. The number of carbonyl (C=O) groups excluding carboxylic acids is 1. The lowest BCUT2D eigenvalue weighted by atomic mass is 10.1. The van der Waals surface area contributed by atoms with Crippen LogP contribution in [0, 0.1) is 6.92 Å². The zero-order valence-corrected chi connectivity index (χ0v) is 17.6. The van der Waals surface area contributed by atoms with E-state index >= 15 is 0 Å². The van der Waals surface area contributed by atoms with Gasteiger partial charge in [-0.05, 0) is 48.9 Å². The van der Waals surface area contributed by atoms with Crippen molar-refractivity contribution in [2.24, 2.45) is 0 Å². The summed E-state index contributed by atoms with van der Waals surface area (Å²) in [5.74, 6) is 0.945. The topological polar surface area (TPSA) is 65.4 Å². The SMILES string of the molecule is COc1ccc(-c2nn(-c3ccccc3)cc2C(=O)Nc2ccccc2C)cc1OC. The number of nitrogens with zero attached hydrogens (tertiary/aromatic N) is 2. The normalized spacial score (nSPS) is 10.5. The second-order valence-corrected chi connectivity index (χ2v) is 7.01. The minimum absolute atomic E-state index is 0.235. The molecule has 0 atom stereocenters. The molecule has 0 aliphatic heterocycles. The molecule has 0 unspecified atom stereocenters. The standard InChI is InChI=1S/C25H23N3O3/c1-17-9-7-8-12-21(17)26-25(29)20-16-28(19-10-5-4-6-11-19)27-24(20)18-13-14-22(30-2)23(15-18)31-3/h4-16H,1-3H3,(H,26,29). The first-order valence-corrected chi connectivity index (χ1v) is 9.85. The van der Waals surface area contributed by atoms with E-state index in [1.165, 1.54) is 0 Å². The van der Waals surface area contributed by atoms with E-state index in [-0.39, 0.29) is 5.91 Å². The number of nitrogens with one attached hydrogen (secondary N) is 1. The lowest BCUT2D eigenvalue weighted by Gasteiger charge is -2.10. The largest absolute Gasteiger partial charge is 0.493 e. The Bertz CT molecular complexity index is 1220. The van der Waals surface area contributed by atoms with E-state index in [1.807, 2.05) is 73.7 Å². The zero-order valence-electron chi connectivity index (χ0n) is 17.6. The van der Waals surface area contributed by atoms with Crippen LogP contribution in [0.15, 0.2) is 79.0 Å². The van der Waals surface area contributed by atoms with Crippen molar-refractivity contribution in [1.29, 1.82) is 0 Å². The Kier molecular flexibility index (Phi) is 5.71. The van der Waals surface area contributed by atoms with Gasteiger partial charge in [-0.1, -0.05) is 36.4 Å². The fraction of sp³-hybridized carbons (Fsp3) is 0.120. The molecule has 6 heteroatoms. The summed E-state index contributed by atoms with van der Waals surface area (Å²) in [7, 11) is 3.17. The average Bonchev–Trinajstić information content (AvgIpc) is 3.26. The fourth-order valence-corrected chi connectivity index (χ4v) is 3.35. The number of amides is 1. The summed E-state index contributed by atoms with van der Waals surface area (Å²) in [5.41, 5.74) is 4.37. The number of carbonyl (C=O) groups is 1. The maximum absolute atomic E-state index is 13.3. The van der Waals surface area contributed by atoms with E-state index in [4.69, 9.17) is 14.6 Å². The van der Waals surface area contributed by atoms with Crippen LogP contribution in [0.5, 0.6) is 11.5 Å². The van der Waals surface area contributed by atoms with E-state index < -0.39 is 0 Å². The van der Waals surface area contributed by atoms with Crippen molar-refractivity contribution < 1.29 is 14.3 Å². The highest BCUT2D eigenvalue weighted by Crippen LogP contribution is 2.33. The molecular weight excluding hydrogens is 390 g/mol. The number of aromatic nitrogens is 2. The minimum atomic E-state index is -0.235. The molecule has 0 fully saturated rings. The quantitative estimate of drug-likeness (QED) is 0.477. The molecule has 1 heterocycles. The van der Waals surface area contributed by atoms with Crippen LogP contribution in [0.25, 0.3) is 16.9 Å². The molecule has 0 spiro atoms. The van der Waals surface area contributed by atoms with Gasteiger partial charge in [0.05, 0.1) is 25.5 Å². The molecule has 156 valence electrons. The van der Waals surface area contributed by atoms with Crippen LogP contribution in [0.4, 0.5) is 5.69 Å². The van der Waals surface area contributed by atoms with Gasteiger partial charge in [-0.2, -0.15) is 5.10 Å². The summed E-state index contributed by atoms with van der Waals surface area (Å²) in [5, 5.41) is 7.73. The summed E-state index contributed by atoms with van der Waals surface area (Å²) >= 11 is 0. The summed E-state index contributed by atoms with van der Waals surface area (Å²) < 4.78 is 12.5. The molecule has 1 N–H and O–H groups in total. The third kappa shape index (κ3) is 4.14. The molecule has 0 aliphatic rings. The van der Waals surface area contributed by atoms with Gasteiger partial charge in [0.1, 0.15) is 5.69 Å². The van der Waals surface area contributed by atoms with E-state index in [9.17, 15) is 4.79 Å². The number of benzene rings is 3. The van der Waals surface area contributed by atoms with E-state index in [0.717, 1.165) is 22.5 Å². The highest BCUT2D eigenvalue weighted by Gasteiger charge is 2.20. The Morgan fingerprint density at radius 2 is 1.61 bits per heavy atom. The van der Waals surface area contributed by atoms with Crippen LogP contribution < -0.4 is 14.8 Å². The van der Waals surface area contributed by atoms with Gasteiger partial charge in [-0.3, -0.25) is 4.79 Å². The number of rotatable bonds is 6. The first-order chi connectivity index (χ1) is 15.1. The van der Waals surface area contributed by atoms with Crippen LogP contribution in [-0.2, 0) is 0 Å². The molecule has 0 bridgehead atoms. The smallest absolute Gasteiger partial charge is 0.259 e. The molecule has 6 nitrogen and oxygen atoms in total. The highest BCUT2D eigenvalue weighted by atomic mass is 16.5. The second-order valence-electron chi connectivity index (χ2n) is 7.01. The van der Waals surface area contributed by atoms with Gasteiger partial charge in [0.15, 0.2) is 11.5 Å². The monoisotopic (exact) mass is 413 g/mol. The van der Waals surface area contributed by atoms with Gasteiger partial charge in [-0.15, -0.1) is 0 Å². The minimum Gasteiger partial charge on any atom is -0.493 e. The summed E-state index contributed by atoms with van der Waals surface area (Å²) in [4.78, 5) is 13.3. The van der Waals surface area contributed by atoms with E-state index in [1.54, 1.807) is 31.2 Å². The molecule has 3 aromatic carbocycles. The third-order valence-electron chi connectivity index (χ3n) is 5.03. The second kappa shape index (κ2) is 8.75. The van der Waals surface area contributed by atoms with Gasteiger partial charge >= 0.3 is 0 Å². The van der Waals surface area contributed by atoms with Gasteiger partial charge in [0.2, 0.25) is 0 Å². The van der Waals surface area contributed by atoms with Crippen molar-refractivity contribution >= 4 is 11.6 Å². The van der Waals surface area contributed by atoms with Crippen molar-refractivity contribution in [3.8, 4) is 28.4 Å². The van der Waals surface area contributed by atoms with Gasteiger partial charge < -0.3 is 14.8 Å². The number of para-hydroxylation sites is 2. The molecule has 1 aromatic heterocycles. The van der Waals surface area contributed by atoms with Crippen LogP contribution in [0.3, 0.4) is 0 Å². The van der Waals surface area contributed by atoms with Crippen LogP contribution in [0.1, 0.15) is 15.9 Å². The van der Waals surface area contributed by atoms with Gasteiger partial charge in [0, 0.05) is 17.4 Å². The number of hydrogen-bond acceptors (Lipinski definition) is 4. The Morgan fingerprint density at radius 3 is 2.32 bits per heavy atom. The van der Waals surface area contributed by atoms with E-state index in [0.29, 0.717) is 22.8 Å². The number of hydrogen-bond donors (Lipinski definition) is 1. The Balaban J connectivity index is 1.81. The van der Waals surface area contributed by atoms with Crippen LogP contribution in [0.2, 0.25) is 0 Å². The van der Waals surface area contributed by atoms with Crippen molar-refractivity contribution in [3.63, 3.8) is 0 Å². The molecule has 0 saturated carbocycles. The Labute approximate surface area is 181 Å². The summed E-state index contributed by atoms with van der Waals surface area (Å²) in [6.45, 7) is 1.96. The molecule has 0 aliphatic carbocycles. The van der Waals surface area contributed by atoms with Crippen LogP contribution >= 0.6 is 0 Å². The van der Waals surface area contributed by atoms with Crippen molar-refractivity contribution in [2.75, 3.05) is 19.5 Å². The lowest BCUT2D eigenvalue weighted by molar-refractivity contribution is 0.102. The number of methoxy groups -OCH3 is 2. The van der Waals surface area contributed by atoms with Gasteiger partial charge in [0.25, 0.3) is 5.91 Å². The first-order valence-electron chi connectivity index (χ1n) is 9.85. The van der Waals surface area contributed by atoms with Gasteiger partial charge in [-0.25, -0.2) is 4.68 Å². The predicted octanol–water partition coefficient (Wildman–Crippen LogP) is 5.12. The lowest BCUT2D eigenvalue weighted by Crippen LogP contribution is -2.13. The molecule has 0 saturated heterocycles. The highest BCUT2D eigenvalue weighted by molar-refractivity contribution is 6.08. The maximum atomic E-state index is 13.3. The number of anilines is 1. The van der Waals surface area contributed by atoms with Crippen LogP contribution in [-0.4, -0.2) is 29.9 Å². The Hall–Kier alpha value is -4.06. The molecule has 4 aromatic rings. The van der Waals surface area contributed by atoms with E-state index in [2.05, 4.69) is 5.32 Å². The summed E-state index contributed by atoms with van der Waals surface area (Å²) in [6, 6.07) is 22.8. The van der Waals surface area contributed by atoms with Crippen molar-refractivity contribution in [1.82, 2.24) is 9.78 Å². The maximum Gasteiger partial charge on any atom is 0.259 e. The third-order valence-corrected chi connectivity index (χ3v) is 5.03. The number of aryl methyl sites for hydroxylation is 1. The zero-order chi connectivity index (χ0) is 21.8. The first kappa shape index (κ1) is 20.2. The molecule has 0 radical (unpaired) electrons. The summed E-state index contributed by atoms with van der Waals surface area (Å²) in [6.07, 6.45) is 1.75. The average molecular weight is 413 g/mol. The molecule has 31 heavy (non-hydrogen) atoms. The van der Waals surface area contributed by atoms with Crippen molar-refractivity contribution in [2.45, 2.75) is 6.92 Å². The molecule has 4 rings (SSSR count). The Morgan fingerprint density at radius 1 is 0.903 bits per heavy atom. The molecule has 1 amide bonds. The van der Waals surface area contributed by atoms with Crippen molar-refractivity contribution in [3.05, 3.63) is 90.1 Å². The molecular formula is C25H23N3O3. The fourth-order valence-electron chi connectivity index (χ4n) is 3.35. The number of ether oxygens (including phenoxy) is 2.